The topological polar surface area (TPSA) is 75.6 Å². The number of halogens is 1. The number of rotatable bonds is 8. The first-order valence-corrected chi connectivity index (χ1v) is 11.3. The molecule has 0 aliphatic heterocycles. The highest BCUT2D eigenvalue weighted by Crippen LogP contribution is 2.31. The summed E-state index contributed by atoms with van der Waals surface area (Å²) in [6.07, 6.45) is 0.185. The highest BCUT2D eigenvalue weighted by molar-refractivity contribution is 9.10. The number of nitrogens with one attached hydrogen (secondary N) is 1. The van der Waals surface area contributed by atoms with E-state index >= 15 is 0 Å². The van der Waals surface area contributed by atoms with Crippen LogP contribution in [0.2, 0.25) is 0 Å². The van der Waals surface area contributed by atoms with Crippen LogP contribution in [0, 0.1) is 0 Å². The van der Waals surface area contributed by atoms with Gasteiger partial charge in [0.2, 0.25) is 0 Å². The van der Waals surface area contributed by atoms with Crippen LogP contribution in [-0.4, -0.2) is 23.0 Å². The van der Waals surface area contributed by atoms with E-state index in [1.807, 2.05) is 84.9 Å². The first kappa shape index (κ1) is 22.6. The third-order valence-electron chi connectivity index (χ3n) is 5.31. The molecule has 0 saturated carbocycles. The SMILES string of the molecule is O=C(N[C@@H](Cc1ccccc1)C(=O)O)c1ccc2ccccc2c1OCc1ccc(Br)cc1. The van der Waals surface area contributed by atoms with E-state index in [9.17, 15) is 14.7 Å². The predicted octanol–water partition coefficient (Wildman–Crippen LogP) is 5.61. The van der Waals surface area contributed by atoms with Crippen LogP contribution in [0.4, 0.5) is 0 Å². The maximum atomic E-state index is 13.2. The third kappa shape index (κ3) is 5.59. The molecule has 166 valence electrons. The van der Waals surface area contributed by atoms with Gasteiger partial charge in [-0.05, 0) is 34.7 Å². The fourth-order valence-electron chi connectivity index (χ4n) is 3.60. The predicted molar refractivity (Wildman–Crippen MR) is 131 cm³/mol. The maximum absolute atomic E-state index is 13.2. The van der Waals surface area contributed by atoms with E-state index in [0.717, 1.165) is 26.4 Å². The Kier molecular flexibility index (Phi) is 7.05. The largest absolute Gasteiger partial charge is 0.487 e. The summed E-state index contributed by atoms with van der Waals surface area (Å²) in [5.41, 5.74) is 2.07. The van der Waals surface area contributed by atoms with Gasteiger partial charge in [0.15, 0.2) is 0 Å². The van der Waals surface area contributed by atoms with Gasteiger partial charge in [0.05, 0.1) is 5.56 Å². The summed E-state index contributed by atoms with van der Waals surface area (Å²) in [6, 6.07) is 27.0. The van der Waals surface area contributed by atoms with Gasteiger partial charge in [0.25, 0.3) is 5.91 Å². The second-order valence-corrected chi connectivity index (χ2v) is 8.55. The number of amides is 1. The minimum absolute atomic E-state index is 0.185. The molecule has 0 unspecified atom stereocenters. The fraction of sp³-hybridized carbons (Fsp3) is 0.111. The lowest BCUT2D eigenvalue weighted by atomic mass is 10.0. The van der Waals surface area contributed by atoms with Crippen molar-refractivity contribution in [2.45, 2.75) is 19.1 Å². The van der Waals surface area contributed by atoms with Gasteiger partial charge in [-0.3, -0.25) is 4.79 Å². The van der Waals surface area contributed by atoms with Crippen molar-refractivity contribution in [2.75, 3.05) is 0 Å². The van der Waals surface area contributed by atoms with Crippen LogP contribution < -0.4 is 10.1 Å². The zero-order valence-electron chi connectivity index (χ0n) is 17.7. The smallest absolute Gasteiger partial charge is 0.326 e. The molecule has 4 aromatic rings. The van der Waals surface area contributed by atoms with E-state index < -0.39 is 17.9 Å². The van der Waals surface area contributed by atoms with Crippen molar-refractivity contribution in [3.05, 3.63) is 112 Å². The molecule has 1 atom stereocenters. The summed E-state index contributed by atoms with van der Waals surface area (Å²) in [5, 5.41) is 14.1. The Morgan fingerprint density at radius 1 is 0.848 bits per heavy atom. The van der Waals surface area contributed by atoms with Crippen molar-refractivity contribution in [2.24, 2.45) is 0 Å². The van der Waals surface area contributed by atoms with Crippen molar-refractivity contribution in [1.29, 1.82) is 0 Å². The molecule has 2 N–H and O–H groups in total. The molecule has 0 heterocycles. The summed E-state index contributed by atoms with van der Waals surface area (Å²) in [4.78, 5) is 25.1. The maximum Gasteiger partial charge on any atom is 0.326 e. The number of carbonyl (C=O) groups is 2. The van der Waals surface area contributed by atoms with Crippen molar-refractivity contribution in [3.8, 4) is 5.75 Å². The van der Waals surface area contributed by atoms with E-state index in [1.165, 1.54) is 0 Å². The molecule has 0 spiro atoms. The summed E-state index contributed by atoms with van der Waals surface area (Å²) in [5.74, 6) is -1.16. The number of benzene rings is 4. The summed E-state index contributed by atoms with van der Waals surface area (Å²) in [6.45, 7) is 0.272. The highest BCUT2D eigenvalue weighted by Gasteiger charge is 2.24. The summed E-state index contributed by atoms with van der Waals surface area (Å²) >= 11 is 3.42. The van der Waals surface area contributed by atoms with E-state index in [2.05, 4.69) is 21.2 Å². The molecule has 0 saturated heterocycles. The van der Waals surface area contributed by atoms with Gasteiger partial charge in [-0.15, -0.1) is 0 Å². The second kappa shape index (κ2) is 10.3. The molecule has 4 rings (SSSR count). The number of hydrogen-bond donors (Lipinski definition) is 2. The van der Waals surface area contributed by atoms with Crippen molar-refractivity contribution >= 4 is 38.6 Å². The first-order chi connectivity index (χ1) is 16.0. The van der Waals surface area contributed by atoms with Crippen LogP contribution in [0.25, 0.3) is 10.8 Å². The number of ether oxygens (including phenoxy) is 1. The van der Waals surface area contributed by atoms with Crippen LogP contribution in [0.1, 0.15) is 21.5 Å². The van der Waals surface area contributed by atoms with Crippen molar-refractivity contribution in [1.82, 2.24) is 5.32 Å². The Morgan fingerprint density at radius 2 is 1.55 bits per heavy atom. The van der Waals surface area contributed by atoms with Gasteiger partial charge in [0.1, 0.15) is 18.4 Å². The van der Waals surface area contributed by atoms with E-state index in [1.54, 1.807) is 6.07 Å². The molecule has 6 heteroatoms. The molecule has 4 aromatic carbocycles. The number of hydrogen-bond acceptors (Lipinski definition) is 3. The fourth-order valence-corrected chi connectivity index (χ4v) is 3.86. The number of carbonyl (C=O) groups excluding carboxylic acids is 1. The molecule has 0 bridgehead atoms. The summed E-state index contributed by atoms with van der Waals surface area (Å²) < 4.78 is 7.10. The zero-order chi connectivity index (χ0) is 23.2. The Hall–Kier alpha value is -3.64. The van der Waals surface area contributed by atoms with Gasteiger partial charge >= 0.3 is 5.97 Å². The second-order valence-electron chi connectivity index (χ2n) is 7.63. The molecule has 0 aromatic heterocycles. The van der Waals surface area contributed by atoms with Gasteiger partial charge < -0.3 is 15.2 Å². The van der Waals surface area contributed by atoms with Crippen molar-refractivity contribution in [3.63, 3.8) is 0 Å². The third-order valence-corrected chi connectivity index (χ3v) is 5.84. The average molecular weight is 504 g/mol. The number of carboxylic acid groups (broad SMARTS) is 1. The monoisotopic (exact) mass is 503 g/mol. The van der Waals surface area contributed by atoms with Crippen LogP contribution >= 0.6 is 15.9 Å². The van der Waals surface area contributed by atoms with Gasteiger partial charge in [-0.2, -0.15) is 0 Å². The van der Waals surface area contributed by atoms with E-state index in [0.29, 0.717) is 11.3 Å². The first-order valence-electron chi connectivity index (χ1n) is 10.5. The summed E-state index contributed by atoms with van der Waals surface area (Å²) in [7, 11) is 0. The molecule has 0 fully saturated rings. The highest BCUT2D eigenvalue weighted by atomic mass is 79.9. The van der Waals surface area contributed by atoms with Crippen molar-refractivity contribution < 1.29 is 19.4 Å². The van der Waals surface area contributed by atoms with Gasteiger partial charge in [-0.25, -0.2) is 4.79 Å². The lowest BCUT2D eigenvalue weighted by molar-refractivity contribution is -0.139. The molecule has 1 amide bonds. The van der Waals surface area contributed by atoms with Gasteiger partial charge in [-0.1, -0.05) is 88.7 Å². The minimum atomic E-state index is -1.09. The van der Waals surface area contributed by atoms with Crippen LogP contribution in [0.5, 0.6) is 5.75 Å². The van der Waals surface area contributed by atoms with Crippen LogP contribution in [-0.2, 0) is 17.8 Å². The molecule has 0 radical (unpaired) electrons. The van der Waals surface area contributed by atoms with Gasteiger partial charge in [0, 0.05) is 16.3 Å². The lowest BCUT2D eigenvalue weighted by Gasteiger charge is -2.18. The van der Waals surface area contributed by atoms with E-state index in [4.69, 9.17) is 4.74 Å². The van der Waals surface area contributed by atoms with Crippen LogP contribution in [0.15, 0.2) is 95.5 Å². The molecular formula is C27H22BrNO4. The lowest BCUT2D eigenvalue weighted by Crippen LogP contribution is -2.42. The molecule has 0 aliphatic rings. The number of fused-ring (bicyclic) bond motifs is 1. The standard InChI is InChI=1S/C27H22BrNO4/c28-21-13-10-19(11-14-21)17-33-25-22-9-5-4-8-20(22)12-15-23(25)26(30)29-24(27(31)32)16-18-6-2-1-3-7-18/h1-15,24H,16-17H2,(H,29,30)(H,31,32)/t24-/m0/s1. The minimum Gasteiger partial charge on any atom is -0.487 e. The zero-order valence-corrected chi connectivity index (χ0v) is 19.3. The Morgan fingerprint density at radius 3 is 2.27 bits per heavy atom. The molecule has 0 aliphatic carbocycles. The average Bonchev–Trinajstić information content (AvgIpc) is 2.83. The van der Waals surface area contributed by atoms with Crippen LogP contribution in [0.3, 0.4) is 0 Å². The number of carboxylic acids is 1. The normalized spacial score (nSPS) is 11.7. The quantitative estimate of drug-likeness (QED) is 0.327. The number of aliphatic carboxylic acids is 1. The Balaban J connectivity index is 1.62. The van der Waals surface area contributed by atoms with E-state index in [-0.39, 0.29) is 13.0 Å². The molecule has 33 heavy (non-hydrogen) atoms. The Labute approximate surface area is 200 Å². The molecule has 5 nitrogen and oxygen atoms in total. The Bertz CT molecular complexity index is 1270. The molecular weight excluding hydrogens is 482 g/mol.